The Labute approximate surface area is 186 Å². The van der Waals surface area contributed by atoms with Gasteiger partial charge in [0, 0.05) is 69.5 Å². The Bertz CT molecular complexity index is 735. The zero-order chi connectivity index (χ0) is 19.1. The molecule has 2 heterocycles. The maximum Gasteiger partial charge on any atom is 0.191 e. The first-order valence-electron chi connectivity index (χ1n) is 10.2. The summed E-state index contributed by atoms with van der Waals surface area (Å²) in [5.74, 6) is 0.883. The van der Waals surface area contributed by atoms with Gasteiger partial charge in [-0.1, -0.05) is 25.1 Å². The molecular weight excluding hydrogens is 463 g/mol. The number of nitrogens with one attached hydrogen (secondary N) is 3. The van der Waals surface area contributed by atoms with Crippen LogP contribution in [-0.4, -0.2) is 79.6 Å². The van der Waals surface area contributed by atoms with Crippen molar-refractivity contribution in [1.29, 1.82) is 0 Å². The average Bonchev–Trinajstić information content (AvgIpc) is 3.13. The summed E-state index contributed by atoms with van der Waals surface area (Å²) in [6.07, 6.45) is 3.08. The van der Waals surface area contributed by atoms with Crippen molar-refractivity contribution in [3.8, 4) is 0 Å². The van der Waals surface area contributed by atoms with Crippen LogP contribution >= 0.6 is 24.0 Å². The molecule has 3 N–H and O–H groups in total. The van der Waals surface area contributed by atoms with E-state index in [1.165, 1.54) is 29.6 Å². The molecule has 6 nitrogen and oxygen atoms in total. The third kappa shape index (κ3) is 6.09. The number of aromatic amines is 1. The molecule has 1 atom stereocenters. The summed E-state index contributed by atoms with van der Waals surface area (Å²) < 4.78 is 0. The highest BCUT2D eigenvalue weighted by Gasteiger charge is 2.20. The highest BCUT2D eigenvalue weighted by Crippen LogP contribution is 2.17. The summed E-state index contributed by atoms with van der Waals surface area (Å²) in [6.45, 7) is 12.2. The Hall–Kier alpha value is -1.32. The van der Waals surface area contributed by atoms with Crippen molar-refractivity contribution in [2.75, 3.05) is 52.9 Å². The number of rotatable bonds is 7. The molecule has 1 aromatic carbocycles. The molecule has 3 rings (SSSR count). The van der Waals surface area contributed by atoms with Crippen molar-refractivity contribution < 1.29 is 0 Å². The topological polar surface area (TPSA) is 58.7 Å². The largest absolute Gasteiger partial charge is 0.361 e. The molecule has 1 saturated heterocycles. The number of aliphatic imine (C=N–C) groups is 1. The predicted octanol–water partition coefficient (Wildman–Crippen LogP) is 2.52. The van der Waals surface area contributed by atoms with Crippen molar-refractivity contribution >= 4 is 40.8 Å². The van der Waals surface area contributed by atoms with E-state index in [4.69, 9.17) is 0 Å². The Kier molecular flexibility index (Phi) is 9.53. The van der Waals surface area contributed by atoms with E-state index in [0.717, 1.165) is 45.1 Å². The fraction of sp³-hybridized carbons (Fsp3) is 0.571. The molecule has 0 aliphatic carbocycles. The maximum atomic E-state index is 4.37. The van der Waals surface area contributed by atoms with Crippen LogP contribution in [0.15, 0.2) is 35.5 Å². The minimum Gasteiger partial charge on any atom is -0.361 e. The van der Waals surface area contributed by atoms with Crippen LogP contribution in [0, 0.1) is 0 Å². The van der Waals surface area contributed by atoms with Crippen molar-refractivity contribution in [2.45, 2.75) is 26.3 Å². The van der Waals surface area contributed by atoms with Gasteiger partial charge in [-0.15, -0.1) is 24.0 Å². The van der Waals surface area contributed by atoms with Gasteiger partial charge in [0.25, 0.3) is 0 Å². The number of para-hydroxylation sites is 1. The Morgan fingerprint density at radius 1 is 1.18 bits per heavy atom. The minimum atomic E-state index is 0. The van der Waals surface area contributed by atoms with Gasteiger partial charge in [-0.3, -0.25) is 9.89 Å². The first-order chi connectivity index (χ1) is 13.2. The molecule has 1 aliphatic rings. The van der Waals surface area contributed by atoms with Gasteiger partial charge in [-0.2, -0.15) is 0 Å². The summed E-state index contributed by atoms with van der Waals surface area (Å²) in [5.41, 5.74) is 2.54. The molecule has 156 valence electrons. The van der Waals surface area contributed by atoms with Gasteiger partial charge < -0.3 is 20.5 Å². The number of piperazine rings is 1. The zero-order valence-corrected chi connectivity index (χ0v) is 19.7. The number of hydrogen-bond acceptors (Lipinski definition) is 3. The minimum absolute atomic E-state index is 0. The van der Waals surface area contributed by atoms with Gasteiger partial charge in [0.2, 0.25) is 0 Å². The van der Waals surface area contributed by atoms with E-state index < -0.39 is 0 Å². The predicted molar refractivity (Wildman–Crippen MR) is 130 cm³/mol. The third-order valence-electron chi connectivity index (χ3n) is 5.63. The lowest BCUT2D eigenvalue weighted by molar-refractivity contribution is 0.107. The van der Waals surface area contributed by atoms with E-state index in [1.807, 2.05) is 7.05 Å². The molecule has 0 bridgehead atoms. The lowest BCUT2D eigenvalue weighted by atomic mass is 10.1. The number of halogens is 1. The van der Waals surface area contributed by atoms with Crippen LogP contribution in [0.1, 0.15) is 19.4 Å². The maximum absolute atomic E-state index is 4.37. The van der Waals surface area contributed by atoms with Gasteiger partial charge in [0.05, 0.1) is 0 Å². The number of nitrogens with zero attached hydrogens (tertiary/aromatic N) is 3. The standard InChI is InChI=1S/C21H34N6.HI/c1-4-26-11-13-27(14-12-26)17(2)15-25-21(22-3)23-10-9-18-16-24-20-8-6-5-7-19(18)20;/h5-8,16-17,24H,4,9-15H2,1-3H3,(H2,22,23,25);1H. The SMILES string of the molecule is CCN1CCN(C(C)CNC(=NC)NCCc2c[nH]c3ccccc23)CC1.I. The third-order valence-corrected chi connectivity index (χ3v) is 5.63. The van der Waals surface area contributed by atoms with E-state index in [2.05, 4.69) is 74.7 Å². The van der Waals surface area contributed by atoms with Crippen LogP contribution in [0.5, 0.6) is 0 Å². The van der Waals surface area contributed by atoms with E-state index in [0.29, 0.717) is 6.04 Å². The molecule has 1 fully saturated rings. The molecule has 0 radical (unpaired) electrons. The van der Waals surface area contributed by atoms with Gasteiger partial charge in [-0.05, 0) is 31.5 Å². The van der Waals surface area contributed by atoms with Crippen molar-refractivity contribution in [3.05, 3.63) is 36.0 Å². The second kappa shape index (κ2) is 11.6. The number of H-pyrrole nitrogens is 1. The fourth-order valence-electron chi connectivity index (χ4n) is 3.77. The summed E-state index contributed by atoms with van der Waals surface area (Å²) in [4.78, 5) is 12.8. The Morgan fingerprint density at radius 3 is 2.64 bits per heavy atom. The van der Waals surface area contributed by atoms with E-state index in [1.54, 1.807) is 0 Å². The van der Waals surface area contributed by atoms with E-state index in [9.17, 15) is 0 Å². The second-order valence-corrected chi connectivity index (χ2v) is 7.31. The zero-order valence-electron chi connectivity index (χ0n) is 17.4. The summed E-state index contributed by atoms with van der Waals surface area (Å²) >= 11 is 0. The number of likely N-dealkylation sites (N-methyl/N-ethyl adjacent to an activating group) is 1. The Balaban J connectivity index is 0.00000280. The van der Waals surface area contributed by atoms with Gasteiger partial charge in [-0.25, -0.2) is 0 Å². The van der Waals surface area contributed by atoms with Crippen LogP contribution in [0.4, 0.5) is 0 Å². The second-order valence-electron chi connectivity index (χ2n) is 7.31. The number of fused-ring (bicyclic) bond motifs is 1. The van der Waals surface area contributed by atoms with Crippen molar-refractivity contribution in [1.82, 2.24) is 25.4 Å². The van der Waals surface area contributed by atoms with Crippen LogP contribution in [0.2, 0.25) is 0 Å². The lowest BCUT2D eigenvalue weighted by Gasteiger charge is -2.37. The molecule has 0 spiro atoms. The smallest absolute Gasteiger partial charge is 0.191 e. The van der Waals surface area contributed by atoms with E-state index >= 15 is 0 Å². The fourth-order valence-corrected chi connectivity index (χ4v) is 3.77. The normalized spacial score (nSPS) is 17.3. The summed E-state index contributed by atoms with van der Waals surface area (Å²) in [6, 6.07) is 8.96. The van der Waals surface area contributed by atoms with Crippen LogP contribution in [0.3, 0.4) is 0 Å². The molecule has 2 aromatic rings. The molecule has 0 amide bonds. The summed E-state index contributed by atoms with van der Waals surface area (Å²) in [7, 11) is 1.84. The lowest BCUT2D eigenvalue weighted by Crippen LogP contribution is -2.53. The first kappa shape index (κ1) is 23.0. The number of benzene rings is 1. The highest BCUT2D eigenvalue weighted by molar-refractivity contribution is 14.0. The molecule has 28 heavy (non-hydrogen) atoms. The molecule has 7 heteroatoms. The van der Waals surface area contributed by atoms with Crippen molar-refractivity contribution in [3.63, 3.8) is 0 Å². The number of hydrogen-bond donors (Lipinski definition) is 3. The monoisotopic (exact) mass is 498 g/mol. The Morgan fingerprint density at radius 2 is 1.93 bits per heavy atom. The summed E-state index contributed by atoms with van der Waals surface area (Å²) in [5, 5.41) is 8.24. The quantitative estimate of drug-likeness (QED) is 0.312. The van der Waals surface area contributed by atoms with Gasteiger partial charge in [0.15, 0.2) is 5.96 Å². The molecular formula is C21H35IN6. The first-order valence-corrected chi connectivity index (χ1v) is 10.2. The molecule has 1 unspecified atom stereocenters. The number of guanidine groups is 1. The highest BCUT2D eigenvalue weighted by atomic mass is 127. The van der Waals surface area contributed by atoms with Crippen LogP contribution in [0.25, 0.3) is 10.9 Å². The van der Waals surface area contributed by atoms with Crippen LogP contribution < -0.4 is 10.6 Å². The van der Waals surface area contributed by atoms with E-state index in [-0.39, 0.29) is 24.0 Å². The van der Waals surface area contributed by atoms with Crippen molar-refractivity contribution in [2.24, 2.45) is 4.99 Å². The van der Waals surface area contributed by atoms with Gasteiger partial charge >= 0.3 is 0 Å². The molecule has 1 aliphatic heterocycles. The van der Waals surface area contributed by atoms with Gasteiger partial charge in [0.1, 0.15) is 0 Å². The molecule has 0 saturated carbocycles. The molecule has 1 aromatic heterocycles. The van der Waals surface area contributed by atoms with Crippen LogP contribution in [-0.2, 0) is 6.42 Å². The number of aromatic nitrogens is 1. The average molecular weight is 498 g/mol.